The van der Waals surface area contributed by atoms with E-state index >= 15 is 0 Å². The summed E-state index contributed by atoms with van der Waals surface area (Å²) < 4.78 is 5.50. The molecule has 1 aliphatic rings. The number of imide groups is 1. The van der Waals surface area contributed by atoms with Crippen molar-refractivity contribution in [3.63, 3.8) is 0 Å². The molecular weight excluding hydrogens is 368 g/mol. The monoisotopic (exact) mass is 392 g/mol. The van der Waals surface area contributed by atoms with Gasteiger partial charge in [-0.25, -0.2) is 9.69 Å². The number of nitrogens with zero attached hydrogens (tertiary/aromatic N) is 1. The summed E-state index contributed by atoms with van der Waals surface area (Å²) in [6, 6.07) is 17.4. The van der Waals surface area contributed by atoms with Crippen LogP contribution in [0.5, 0.6) is 0 Å². The first-order chi connectivity index (χ1) is 13.6. The van der Waals surface area contributed by atoms with Gasteiger partial charge in [0.05, 0.1) is 5.69 Å². The second kappa shape index (κ2) is 7.54. The maximum absolute atomic E-state index is 13.9. The number of carbonyl (C=O) groups is 3. The minimum atomic E-state index is -1.44. The van der Waals surface area contributed by atoms with Gasteiger partial charge in [0, 0.05) is 12.0 Å². The van der Waals surface area contributed by atoms with Gasteiger partial charge < -0.3 is 10.1 Å². The van der Waals surface area contributed by atoms with Crippen molar-refractivity contribution in [1.29, 1.82) is 0 Å². The summed E-state index contributed by atoms with van der Waals surface area (Å²) in [6.07, 6.45) is -0.753. The number of hydrogen-bond acceptors (Lipinski definition) is 4. The first-order valence-corrected chi connectivity index (χ1v) is 9.32. The molecule has 0 saturated carbocycles. The number of amides is 3. The van der Waals surface area contributed by atoms with E-state index in [0.29, 0.717) is 11.3 Å². The highest BCUT2D eigenvalue weighted by atomic mass is 16.6. The van der Waals surface area contributed by atoms with Crippen molar-refractivity contribution in [2.24, 2.45) is 0 Å². The summed E-state index contributed by atoms with van der Waals surface area (Å²) in [4.78, 5) is 40.2. The van der Waals surface area contributed by atoms with Crippen LogP contribution in [0.25, 0.3) is 0 Å². The van der Waals surface area contributed by atoms with Crippen LogP contribution in [0.15, 0.2) is 72.8 Å². The van der Waals surface area contributed by atoms with E-state index in [1.54, 1.807) is 75.4 Å². The molecule has 1 N–H and O–H groups in total. The van der Waals surface area contributed by atoms with Gasteiger partial charge in [-0.2, -0.15) is 0 Å². The molecule has 0 radical (unpaired) electrons. The molecule has 2 aromatic carbocycles. The van der Waals surface area contributed by atoms with E-state index in [1.807, 2.05) is 6.07 Å². The molecule has 1 unspecified atom stereocenters. The predicted octanol–water partition coefficient (Wildman–Crippen LogP) is 3.93. The lowest BCUT2D eigenvalue weighted by Crippen LogP contribution is -2.56. The second-order valence-electron chi connectivity index (χ2n) is 7.96. The van der Waals surface area contributed by atoms with Crippen molar-refractivity contribution in [3.05, 3.63) is 78.4 Å². The molecule has 0 aromatic heterocycles. The predicted molar refractivity (Wildman–Crippen MR) is 110 cm³/mol. The molecule has 1 heterocycles. The van der Waals surface area contributed by atoms with Gasteiger partial charge in [0.25, 0.3) is 5.91 Å². The lowest BCUT2D eigenvalue weighted by atomic mass is 9.86. The third kappa shape index (κ3) is 4.06. The highest BCUT2D eigenvalue weighted by Crippen LogP contribution is 2.37. The van der Waals surface area contributed by atoms with Crippen LogP contribution in [0.2, 0.25) is 0 Å². The fourth-order valence-corrected chi connectivity index (χ4v) is 3.26. The number of carbonyl (C=O) groups excluding carboxylic acids is 3. The molecular formula is C23H24N2O4. The Morgan fingerprint density at radius 1 is 1.03 bits per heavy atom. The van der Waals surface area contributed by atoms with Gasteiger partial charge in [0.2, 0.25) is 5.91 Å². The molecule has 1 saturated heterocycles. The van der Waals surface area contributed by atoms with Crippen LogP contribution in [-0.4, -0.2) is 23.5 Å². The Balaban J connectivity index is 2.13. The van der Waals surface area contributed by atoms with E-state index in [1.165, 1.54) is 0 Å². The average Bonchev–Trinajstić information content (AvgIpc) is 2.98. The van der Waals surface area contributed by atoms with Gasteiger partial charge in [-0.1, -0.05) is 55.1 Å². The molecule has 0 spiro atoms. The molecule has 2 aromatic rings. The van der Waals surface area contributed by atoms with Gasteiger partial charge in [-0.05, 0) is 38.5 Å². The average molecular weight is 392 g/mol. The fraction of sp³-hybridized carbons (Fsp3) is 0.261. The first-order valence-electron chi connectivity index (χ1n) is 9.32. The zero-order valence-corrected chi connectivity index (χ0v) is 16.8. The number of anilines is 1. The summed E-state index contributed by atoms with van der Waals surface area (Å²) in [5.74, 6) is -1.02. The van der Waals surface area contributed by atoms with Gasteiger partial charge in [-0.15, -0.1) is 0 Å². The molecule has 150 valence electrons. The minimum absolute atomic E-state index is 0.0564. The Morgan fingerprint density at radius 2 is 1.59 bits per heavy atom. The molecule has 3 amide bonds. The topological polar surface area (TPSA) is 75.7 Å². The van der Waals surface area contributed by atoms with E-state index in [-0.39, 0.29) is 12.0 Å². The molecule has 3 rings (SSSR count). The molecule has 0 aliphatic carbocycles. The van der Waals surface area contributed by atoms with Crippen LogP contribution < -0.4 is 10.2 Å². The summed E-state index contributed by atoms with van der Waals surface area (Å²) >= 11 is 0. The SMILES string of the molecule is C=C1CC(C(=O)N(C(=O)OC(C)(C)C)c2ccccc2)(c2ccccc2)NC1=O. The molecule has 6 heteroatoms. The van der Waals surface area contributed by atoms with Crippen LogP contribution in [0, 0.1) is 0 Å². The first kappa shape index (κ1) is 20.3. The Labute approximate surface area is 170 Å². The van der Waals surface area contributed by atoms with Crippen molar-refractivity contribution in [2.75, 3.05) is 4.90 Å². The zero-order chi connectivity index (χ0) is 21.2. The number of benzene rings is 2. The largest absolute Gasteiger partial charge is 0.443 e. The van der Waals surface area contributed by atoms with Crippen molar-refractivity contribution in [3.8, 4) is 0 Å². The lowest BCUT2D eigenvalue weighted by Gasteiger charge is -2.34. The van der Waals surface area contributed by atoms with Crippen LogP contribution in [0.4, 0.5) is 10.5 Å². The summed E-state index contributed by atoms with van der Waals surface area (Å²) in [6.45, 7) is 8.96. The Kier molecular flexibility index (Phi) is 5.29. The van der Waals surface area contributed by atoms with E-state index < -0.39 is 29.0 Å². The maximum Gasteiger partial charge on any atom is 0.421 e. The molecule has 1 fully saturated rings. The second-order valence-corrected chi connectivity index (χ2v) is 7.96. The van der Waals surface area contributed by atoms with Crippen LogP contribution in [0.3, 0.4) is 0 Å². The van der Waals surface area contributed by atoms with Gasteiger partial charge in [0.15, 0.2) is 0 Å². The molecule has 6 nitrogen and oxygen atoms in total. The molecule has 0 bridgehead atoms. The van der Waals surface area contributed by atoms with Crippen molar-refractivity contribution >= 4 is 23.6 Å². The third-order valence-corrected chi connectivity index (χ3v) is 4.55. The normalized spacial score (nSPS) is 18.9. The van der Waals surface area contributed by atoms with Gasteiger partial charge in [0.1, 0.15) is 11.1 Å². The number of ether oxygens (including phenoxy) is 1. The quantitative estimate of drug-likeness (QED) is 0.803. The number of rotatable bonds is 3. The summed E-state index contributed by atoms with van der Waals surface area (Å²) in [7, 11) is 0. The highest BCUT2D eigenvalue weighted by molar-refractivity contribution is 6.18. The van der Waals surface area contributed by atoms with Crippen LogP contribution in [0.1, 0.15) is 32.8 Å². The van der Waals surface area contributed by atoms with E-state index in [4.69, 9.17) is 4.74 Å². The molecule has 1 atom stereocenters. The van der Waals surface area contributed by atoms with E-state index in [2.05, 4.69) is 11.9 Å². The Hall–Kier alpha value is -3.41. The molecule has 29 heavy (non-hydrogen) atoms. The van der Waals surface area contributed by atoms with E-state index in [9.17, 15) is 14.4 Å². The highest BCUT2D eigenvalue weighted by Gasteiger charge is 2.51. The Morgan fingerprint density at radius 3 is 2.07 bits per heavy atom. The van der Waals surface area contributed by atoms with Crippen LogP contribution >= 0.6 is 0 Å². The maximum atomic E-state index is 13.9. The van der Waals surface area contributed by atoms with E-state index in [0.717, 1.165) is 4.90 Å². The van der Waals surface area contributed by atoms with Gasteiger partial charge in [-0.3, -0.25) is 9.59 Å². The van der Waals surface area contributed by atoms with Crippen molar-refractivity contribution in [1.82, 2.24) is 5.32 Å². The third-order valence-electron chi connectivity index (χ3n) is 4.55. The molecule has 1 aliphatic heterocycles. The van der Waals surface area contributed by atoms with Gasteiger partial charge >= 0.3 is 6.09 Å². The smallest absolute Gasteiger partial charge is 0.421 e. The number of nitrogens with one attached hydrogen (secondary N) is 1. The zero-order valence-electron chi connectivity index (χ0n) is 16.8. The minimum Gasteiger partial charge on any atom is -0.443 e. The van der Waals surface area contributed by atoms with Crippen molar-refractivity contribution < 1.29 is 19.1 Å². The fourth-order valence-electron chi connectivity index (χ4n) is 3.26. The van der Waals surface area contributed by atoms with Crippen LogP contribution in [-0.2, 0) is 19.9 Å². The standard InChI is InChI=1S/C23H24N2O4/c1-16-15-23(24-19(16)26,17-11-7-5-8-12-17)20(27)25(18-13-9-6-10-14-18)21(28)29-22(2,3)4/h5-14H,1,15H2,2-4H3,(H,24,26). The Bertz CT molecular complexity index is 930. The number of hydrogen-bond donors (Lipinski definition) is 1. The summed E-state index contributed by atoms with van der Waals surface area (Å²) in [5.41, 5.74) is -1.04. The lowest BCUT2D eigenvalue weighted by molar-refractivity contribution is -0.127. The number of para-hydroxylation sites is 1. The van der Waals surface area contributed by atoms with Crippen molar-refractivity contribution in [2.45, 2.75) is 38.3 Å². The summed E-state index contributed by atoms with van der Waals surface area (Å²) in [5, 5.41) is 2.76.